The number of amides is 2. The van der Waals surface area contributed by atoms with Crippen molar-refractivity contribution in [2.45, 2.75) is 58.0 Å². The van der Waals surface area contributed by atoms with Crippen LogP contribution < -0.4 is 5.32 Å². The molecule has 2 amide bonds. The molecule has 0 radical (unpaired) electrons. The van der Waals surface area contributed by atoms with Crippen LogP contribution in [0.2, 0.25) is 0 Å². The second kappa shape index (κ2) is 6.78. The summed E-state index contributed by atoms with van der Waals surface area (Å²) in [5.74, 6) is 2.00. The van der Waals surface area contributed by atoms with Crippen LogP contribution in [-0.4, -0.2) is 42.4 Å². The molecule has 0 saturated carbocycles. The second-order valence-electron chi connectivity index (χ2n) is 6.75. The van der Waals surface area contributed by atoms with Crippen molar-refractivity contribution >= 4 is 11.7 Å². The van der Waals surface area contributed by atoms with E-state index >= 15 is 0 Å². The minimum absolute atomic E-state index is 0.0109. The van der Waals surface area contributed by atoms with E-state index in [2.05, 4.69) is 30.3 Å². The third-order valence-corrected chi connectivity index (χ3v) is 5.10. The second-order valence-corrected chi connectivity index (χ2v) is 6.75. The van der Waals surface area contributed by atoms with Crippen molar-refractivity contribution in [1.29, 1.82) is 0 Å². The molecule has 4 rings (SSSR count). The molecule has 0 bridgehead atoms. The van der Waals surface area contributed by atoms with Crippen LogP contribution in [0.5, 0.6) is 0 Å². The van der Waals surface area contributed by atoms with Crippen molar-refractivity contribution in [3.8, 4) is 0 Å². The molecule has 1 atom stereocenters. The first-order valence-electron chi connectivity index (χ1n) is 9.02. The van der Waals surface area contributed by atoms with E-state index in [-0.39, 0.29) is 12.1 Å². The Kier molecular flexibility index (Phi) is 4.33. The lowest BCUT2D eigenvalue weighted by atomic mass is 10.0. The molecule has 2 aliphatic heterocycles. The van der Waals surface area contributed by atoms with E-state index in [9.17, 15) is 4.79 Å². The molecular formula is C17H23N7O. The van der Waals surface area contributed by atoms with Gasteiger partial charge in [-0.15, -0.1) is 10.2 Å². The maximum absolute atomic E-state index is 12.9. The lowest BCUT2D eigenvalue weighted by Crippen LogP contribution is -2.42. The van der Waals surface area contributed by atoms with Gasteiger partial charge in [-0.1, -0.05) is 0 Å². The van der Waals surface area contributed by atoms with Gasteiger partial charge in [0.25, 0.3) is 0 Å². The topological polar surface area (TPSA) is 88.8 Å². The van der Waals surface area contributed by atoms with Gasteiger partial charge in [0.05, 0.1) is 23.6 Å². The van der Waals surface area contributed by atoms with Crippen LogP contribution in [0.3, 0.4) is 0 Å². The number of likely N-dealkylation sites (tertiary alicyclic amines) is 1. The molecule has 1 unspecified atom stereocenters. The zero-order valence-corrected chi connectivity index (χ0v) is 14.5. The van der Waals surface area contributed by atoms with E-state index in [1.54, 1.807) is 12.3 Å². The summed E-state index contributed by atoms with van der Waals surface area (Å²) in [7, 11) is 0. The molecule has 2 aliphatic rings. The van der Waals surface area contributed by atoms with Crippen molar-refractivity contribution in [3.63, 3.8) is 0 Å². The quantitative estimate of drug-likeness (QED) is 0.906. The molecule has 1 saturated heterocycles. The van der Waals surface area contributed by atoms with Gasteiger partial charge >= 0.3 is 6.03 Å². The monoisotopic (exact) mass is 341 g/mol. The molecule has 0 aliphatic carbocycles. The average Bonchev–Trinajstić information content (AvgIpc) is 3.07. The fourth-order valence-electron chi connectivity index (χ4n) is 3.74. The third-order valence-electron chi connectivity index (χ3n) is 5.10. The maximum atomic E-state index is 12.9. The number of urea groups is 1. The standard InChI is InChI=1S/C17H23N7O/c1-12-13(8-9-18-20-12)19-17(25)23-10-4-2-6-14(23)16-22-21-15-7-3-5-11-24(15)16/h8-9,14H,2-7,10-11H2,1H3,(H,18,19,25). The van der Waals surface area contributed by atoms with Crippen molar-refractivity contribution in [2.24, 2.45) is 0 Å². The van der Waals surface area contributed by atoms with Gasteiger partial charge in [-0.25, -0.2) is 4.79 Å². The summed E-state index contributed by atoms with van der Waals surface area (Å²) >= 11 is 0. The molecule has 2 aromatic rings. The van der Waals surface area contributed by atoms with Crippen LogP contribution in [0.25, 0.3) is 0 Å². The first-order valence-corrected chi connectivity index (χ1v) is 9.02. The fourth-order valence-corrected chi connectivity index (χ4v) is 3.74. The first kappa shape index (κ1) is 16.0. The number of nitrogens with one attached hydrogen (secondary N) is 1. The summed E-state index contributed by atoms with van der Waals surface area (Å²) in [6, 6.07) is 1.66. The molecular weight excluding hydrogens is 318 g/mol. The molecule has 25 heavy (non-hydrogen) atoms. The Labute approximate surface area is 146 Å². The molecule has 8 heteroatoms. The summed E-state index contributed by atoms with van der Waals surface area (Å²) in [5, 5.41) is 19.6. The van der Waals surface area contributed by atoms with E-state index in [0.29, 0.717) is 11.4 Å². The zero-order valence-electron chi connectivity index (χ0n) is 14.5. The Hall–Kier alpha value is -2.51. The Bertz CT molecular complexity index is 772. The minimum Gasteiger partial charge on any atom is -0.314 e. The number of carbonyl (C=O) groups is 1. The molecule has 1 N–H and O–H groups in total. The zero-order chi connectivity index (χ0) is 17.2. The summed E-state index contributed by atoms with van der Waals surface area (Å²) in [6.07, 6.45) is 7.93. The van der Waals surface area contributed by atoms with Crippen molar-refractivity contribution in [2.75, 3.05) is 11.9 Å². The van der Waals surface area contributed by atoms with Gasteiger partial charge < -0.3 is 14.8 Å². The Balaban J connectivity index is 1.58. The Morgan fingerprint density at radius 3 is 2.92 bits per heavy atom. The van der Waals surface area contributed by atoms with E-state index < -0.39 is 0 Å². The number of piperidine rings is 1. The predicted molar refractivity (Wildman–Crippen MR) is 92.0 cm³/mol. The first-order chi connectivity index (χ1) is 12.2. The molecule has 1 fully saturated rings. The summed E-state index contributed by atoms with van der Waals surface area (Å²) in [5.41, 5.74) is 1.41. The van der Waals surface area contributed by atoms with Crippen LogP contribution in [0.1, 0.15) is 55.5 Å². The van der Waals surface area contributed by atoms with Crippen molar-refractivity contribution < 1.29 is 4.79 Å². The highest BCUT2D eigenvalue weighted by atomic mass is 16.2. The lowest BCUT2D eigenvalue weighted by Gasteiger charge is -2.35. The molecule has 2 aromatic heterocycles. The SMILES string of the molecule is Cc1nnccc1NC(=O)N1CCCCC1c1nnc2n1CCCC2. The minimum atomic E-state index is -0.103. The van der Waals surface area contributed by atoms with Crippen molar-refractivity contribution in [1.82, 2.24) is 29.9 Å². The highest BCUT2D eigenvalue weighted by Crippen LogP contribution is 2.32. The number of rotatable bonds is 2. The normalized spacial score (nSPS) is 20.2. The Morgan fingerprint density at radius 2 is 2.04 bits per heavy atom. The van der Waals surface area contributed by atoms with Crippen LogP contribution in [-0.2, 0) is 13.0 Å². The predicted octanol–water partition coefficient (Wildman–Crippen LogP) is 2.47. The van der Waals surface area contributed by atoms with Crippen LogP contribution >= 0.6 is 0 Å². The van der Waals surface area contributed by atoms with Crippen molar-refractivity contribution in [3.05, 3.63) is 29.6 Å². The Morgan fingerprint density at radius 1 is 1.16 bits per heavy atom. The molecule has 8 nitrogen and oxygen atoms in total. The summed E-state index contributed by atoms with van der Waals surface area (Å²) in [4.78, 5) is 14.8. The number of hydrogen-bond acceptors (Lipinski definition) is 5. The third kappa shape index (κ3) is 3.08. The van der Waals surface area contributed by atoms with Gasteiger partial charge in [0.15, 0.2) is 5.82 Å². The number of anilines is 1. The van der Waals surface area contributed by atoms with E-state index in [0.717, 1.165) is 56.8 Å². The van der Waals surface area contributed by atoms with Crippen LogP contribution in [0.4, 0.5) is 10.5 Å². The fraction of sp³-hybridized carbons (Fsp3) is 0.588. The average molecular weight is 341 g/mol. The summed E-state index contributed by atoms with van der Waals surface area (Å²) in [6.45, 7) is 3.53. The number of aromatic nitrogens is 5. The maximum Gasteiger partial charge on any atom is 0.322 e. The van der Waals surface area contributed by atoms with E-state index in [4.69, 9.17) is 0 Å². The largest absolute Gasteiger partial charge is 0.322 e. The molecule has 0 spiro atoms. The number of aryl methyl sites for hydroxylation is 2. The van der Waals surface area contributed by atoms with Gasteiger partial charge in [0.1, 0.15) is 5.82 Å². The highest BCUT2D eigenvalue weighted by Gasteiger charge is 2.33. The van der Waals surface area contributed by atoms with Gasteiger partial charge in [0, 0.05) is 19.5 Å². The van der Waals surface area contributed by atoms with Gasteiger partial charge in [-0.05, 0) is 45.1 Å². The van der Waals surface area contributed by atoms with Crippen LogP contribution in [0, 0.1) is 6.92 Å². The van der Waals surface area contributed by atoms with Gasteiger partial charge in [0.2, 0.25) is 0 Å². The molecule has 0 aromatic carbocycles. The molecule has 4 heterocycles. The number of fused-ring (bicyclic) bond motifs is 1. The van der Waals surface area contributed by atoms with Gasteiger partial charge in [-0.2, -0.15) is 10.2 Å². The van der Waals surface area contributed by atoms with E-state index in [1.807, 2.05) is 11.8 Å². The highest BCUT2D eigenvalue weighted by molar-refractivity contribution is 5.90. The molecule has 132 valence electrons. The lowest BCUT2D eigenvalue weighted by molar-refractivity contribution is 0.156. The number of nitrogens with zero attached hydrogens (tertiary/aromatic N) is 6. The van der Waals surface area contributed by atoms with E-state index in [1.165, 1.54) is 6.42 Å². The number of hydrogen-bond donors (Lipinski definition) is 1. The summed E-state index contributed by atoms with van der Waals surface area (Å²) < 4.78 is 2.22. The number of carbonyl (C=O) groups excluding carboxylic acids is 1. The van der Waals surface area contributed by atoms with Gasteiger partial charge in [-0.3, -0.25) is 0 Å². The van der Waals surface area contributed by atoms with Crippen LogP contribution in [0.15, 0.2) is 12.3 Å². The smallest absolute Gasteiger partial charge is 0.314 e.